The first-order valence-electron chi connectivity index (χ1n) is 6.64. The van der Waals surface area contributed by atoms with Crippen LogP contribution in [-0.4, -0.2) is 10.1 Å². The summed E-state index contributed by atoms with van der Waals surface area (Å²) in [5, 5.41) is 3.91. The van der Waals surface area contributed by atoms with E-state index in [0.29, 0.717) is 18.1 Å². The van der Waals surface area contributed by atoms with Crippen LogP contribution in [0, 0.1) is 0 Å². The van der Waals surface area contributed by atoms with Crippen molar-refractivity contribution in [3.05, 3.63) is 71.9 Å². The summed E-state index contributed by atoms with van der Waals surface area (Å²) >= 11 is 0. The van der Waals surface area contributed by atoms with E-state index < -0.39 is 0 Å². The van der Waals surface area contributed by atoms with Crippen molar-refractivity contribution >= 4 is 5.69 Å². The summed E-state index contributed by atoms with van der Waals surface area (Å²) in [4.78, 5) is 4.30. The van der Waals surface area contributed by atoms with Crippen LogP contribution in [0.4, 0.5) is 5.69 Å². The minimum atomic E-state index is 0.276. The summed E-state index contributed by atoms with van der Waals surface area (Å²) in [6.07, 6.45) is 0.519. The van der Waals surface area contributed by atoms with Crippen LogP contribution in [0.3, 0.4) is 0 Å². The molecule has 1 heterocycles. The summed E-state index contributed by atoms with van der Waals surface area (Å²) in [5.74, 6) is 1.82. The van der Waals surface area contributed by atoms with Gasteiger partial charge in [0.05, 0.1) is 6.42 Å². The highest BCUT2D eigenvalue weighted by Gasteiger charge is 2.09. The van der Waals surface area contributed by atoms with Crippen molar-refractivity contribution in [1.29, 1.82) is 0 Å². The van der Waals surface area contributed by atoms with E-state index in [1.807, 2.05) is 54.6 Å². The fourth-order valence-electron chi connectivity index (χ4n) is 1.94. The maximum atomic E-state index is 5.90. The second-order valence-electron chi connectivity index (χ2n) is 4.58. The Bertz CT molecular complexity index is 710. The largest absolute Gasteiger partial charge is 0.485 e. The standard InChI is InChI=1S/C16H15N3O2/c17-14-9-5-4-6-12(14)10-16-18-15(19-21-16)11-20-13-7-2-1-3-8-13/h1-9H,10-11,17H2. The van der Waals surface area contributed by atoms with Crippen LogP contribution >= 0.6 is 0 Å². The number of hydrogen-bond acceptors (Lipinski definition) is 5. The van der Waals surface area contributed by atoms with Crippen molar-refractivity contribution < 1.29 is 9.26 Å². The maximum Gasteiger partial charge on any atom is 0.231 e. The number of rotatable bonds is 5. The highest BCUT2D eigenvalue weighted by Crippen LogP contribution is 2.15. The molecule has 0 radical (unpaired) electrons. The van der Waals surface area contributed by atoms with E-state index in [9.17, 15) is 0 Å². The van der Waals surface area contributed by atoms with Crippen LogP contribution in [0.5, 0.6) is 5.75 Å². The van der Waals surface area contributed by atoms with Gasteiger partial charge in [-0.15, -0.1) is 0 Å². The molecule has 0 aliphatic rings. The molecule has 5 nitrogen and oxygen atoms in total. The van der Waals surface area contributed by atoms with Gasteiger partial charge in [0.15, 0.2) is 6.61 Å². The lowest BCUT2D eigenvalue weighted by Crippen LogP contribution is -1.98. The number of benzene rings is 2. The summed E-state index contributed by atoms with van der Waals surface area (Å²) in [7, 11) is 0. The Labute approximate surface area is 122 Å². The van der Waals surface area contributed by atoms with Crippen LogP contribution in [0.1, 0.15) is 17.3 Å². The highest BCUT2D eigenvalue weighted by atomic mass is 16.5. The van der Waals surface area contributed by atoms with E-state index in [-0.39, 0.29) is 6.61 Å². The normalized spacial score (nSPS) is 10.5. The van der Waals surface area contributed by atoms with E-state index >= 15 is 0 Å². The molecule has 0 saturated carbocycles. The van der Waals surface area contributed by atoms with Gasteiger partial charge in [0.25, 0.3) is 0 Å². The molecule has 1 aromatic heterocycles. The first kappa shape index (κ1) is 13.2. The lowest BCUT2D eigenvalue weighted by molar-refractivity contribution is 0.285. The molecule has 0 spiro atoms. The van der Waals surface area contributed by atoms with Gasteiger partial charge in [-0.2, -0.15) is 4.98 Å². The lowest BCUT2D eigenvalue weighted by Gasteiger charge is -2.01. The van der Waals surface area contributed by atoms with Crippen LogP contribution in [-0.2, 0) is 13.0 Å². The molecule has 3 aromatic rings. The van der Waals surface area contributed by atoms with Crippen LogP contribution in [0.25, 0.3) is 0 Å². The molecule has 0 aliphatic carbocycles. The second kappa shape index (κ2) is 6.09. The summed E-state index contributed by atoms with van der Waals surface area (Å²) in [6.45, 7) is 0.276. The average Bonchev–Trinajstić information content (AvgIpc) is 2.96. The first-order valence-corrected chi connectivity index (χ1v) is 6.64. The van der Waals surface area contributed by atoms with Crippen molar-refractivity contribution in [2.45, 2.75) is 13.0 Å². The number of anilines is 1. The zero-order chi connectivity index (χ0) is 14.5. The quantitative estimate of drug-likeness (QED) is 0.728. The summed E-state index contributed by atoms with van der Waals surface area (Å²) in [6, 6.07) is 17.1. The van der Waals surface area contributed by atoms with Gasteiger partial charge < -0.3 is 15.0 Å². The smallest absolute Gasteiger partial charge is 0.231 e. The zero-order valence-corrected chi connectivity index (χ0v) is 11.4. The Balaban J connectivity index is 1.63. The lowest BCUT2D eigenvalue weighted by atomic mass is 10.1. The number of nitrogens with zero attached hydrogens (tertiary/aromatic N) is 2. The summed E-state index contributed by atoms with van der Waals surface area (Å²) < 4.78 is 10.8. The molecule has 0 saturated heterocycles. The number of nitrogens with two attached hydrogens (primary N) is 1. The Morgan fingerprint density at radius 2 is 1.76 bits per heavy atom. The number of ether oxygens (including phenoxy) is 1. The monoisotopic (exact) mass is 281 g/mol. The fraction of sp³-hybridized carbons (Fsp3) is 0.125. The van der Waals surface area contributed by atoms with Gasteiger partial charge in [0.1, 0.15) is 5.75 Å². The molecule has 0 atom stereocenters. The molecule has 106 valence electrons. The molecule has 0 bridgehead atoms. The van der Waals surface area contributed by atoms with E-state index in [1.54, 1.807) is 0 Å². The van der Waals surface area contributed by atoms with Crippen LogP contribution < -0.4 is 10.5 Å². The van der Waals surface area contributed by atoms with Crippen molar-refractivity contribution in [3.8, 4) is 5.75 Å². The third-order valence-electron chi connectivity index (χ3n) is 3.02. The van der Waals surface area contributed by atoms with E-state index in [1.165, 1.54) is 0 Å². The van der Waals surface area contributed by atoms with Gasteiger partial charge in [-0.3, -0.25) is 0 Å². The van der Waals surface area contributed by atoms with Gasteiger partial charge in [-0.25, -0.2) is 0 Å². The molecule has 0 unspecified atom stereocenters. The number of para-hydroxylation sites is 2. The van der Waals surface area contributed by atoms with Gasteiger partial charge in [-0.1, -0.05) is 41.6 Å². The molecule has 3 rings (SSSR count). The molecule has 5 heteroatoms. The molecule has 0 fully saturated rings. The van der Waals surface area contributed by atoms with Gasteiger partial charge >= 0.3 is 0 Å². The second-order valence-corrected chi connectivity index (χ2v) is 4.58. The predicted molar refractivity (Wildman–Crippen MR) is 78.7 cm³/mol. The van der Waals surface area contributed by atoms with Crippen molar-refractivity contribution in [3.63, 3.8) is 0 Å². The van der Waals surface area contributed by atoms with Crippen molar-refractivity contribution in [2.24, 2.45) is 0 Å². The minimum absolute atomic E-state index is 0.276. The highest BCUT2D eigenvalue weighted by molar-refractivity contribution is 5.47. The SMILES string of the molecule is Nc1ccccc1Cc1nc(COc2ccccc2)no1. The average molecular weight is 281 g/mol. The number of aromatic nitrogens is 2. The molecular formula is C16H15N3O2. The molecule has 2 N–H and O–H groups in total. The van der Waals surface area contributed by atoms with Crippen LogP contribution in [0.2, 0.25) is 0 Å². The Morgan fingerprint density at radius 3 is 2.57 bits per heavy atom. The summed E-state index contributed by atoms with van der Waals surface area (Å²) in [5.41, 5.74) is 7.58. The van der Waals surface area contributed by atoms with Gasteiger partial charge in [-0.05, 0) is 23.8 Å². The molecule has 21 heavy (non-hydrogen) atoms. The van der Waals surface area contributed by atoms with Gasteiger partial charge in [0, 0.05) is 5.69 Å². The molecule has 0 amide bonds. The number of hydrogen-bond donors (Lipinski definition) is 1. The van der Waals surface area contributed by atoms with Crippen molar-refractivity contribution in [1.82, 2.24) is 10.1 Å². The van der Waals surface area contributed by atoms with E-state index in [4.69, 9.17) is 15.0 Å². The van der Waals surface area contributed by atoms with E-state index in [2.05, 4.69) is 10.1 Å². The Kier molecular flexibility index (Phi) is 3.82. The molecular weight excluding hydrogens is 266 g/mol. The topological polar surface area (TPSA) is 74.2 Å². The third-order valence-corrected chi connectivity index (χ3v) is 3.02. The Hall–Kier alpha value is -2.82. The maximum absolute atomic E-state index is 5.90. The van der Waals surface area contributed by atoms with Crippen LogP contribution in [0.15, 0.2) is 59.1 Å². The third kappa shape index (κ3) is 3.39. The van der Waals surface area contributed by atoms with Gasteiger partial charge in [0.2, 0.25) is 11.7 Å². The fourth-order valence-corrected chi connectivity index (χ4v) is 1.94. The minimum Gasteiger partial charge on any atom is -0.485 e. The van der Waals surface area contributed by atoms with E-state index in [0.717, 1.165) is 17.0 Å². The van der Waals surface area contributed by atoms with Crippen molar-refractivity contribution in [2.75, 3.05) is 5.73 Å². The zero-order valence-electron chi connectivity index (χ0n) is 11.4. The predicted octanol–water partition coefficient (Wildman–Crippen LogP) is 2.82. The molecule has 0 aliphatic heterocycles. The molecule has 2 aromatic carbocycles. The first-order chi connectivity index (χ1) is 10.3. The number of nitrogen functional groups attached to an aromatic ring is 1. The Morgan fingerprint density at radius 1 is 1.00 bits per heavy atom.